The van der Waals surface area contributed by atoms with Gasteiger partial charge in [-0.1, -0.05) is 26.0 Å². The van der Waals surface area contributed by atoms with Gasteiger partial charge < -0.3 is 0 Å². The molecule has 0 saturated carbocycles. The maximum Gasteiger partial charge on any atom is 0.123 e. The molecule has 0 amide bonds. The second kappa shape index (κ2) is 8.67. The Labute approximate surface area is 77.5 Å². The van der Waals surface area contributed by atoms with E-state index < -0.39 is 0 Å². The molecule has 0 aliphatic heterocycles. The Morgan fingerprint density at radius 1 is 1.33 bits per heavy atom. The van der Waals surface area contributed by atoms with E-state index in [1.807, 2.05) is 27.7 Å². The molecule has 0 aromatic heterocycles. The summed E-state index contributed by atoms with van der Waals surface area (Å²) in [6.45, 7) is 11.1. The van der Waals surface area contributed by atoms with Crippen LogP contribution in [0.4, 0.5) is 4.39 Å². The molecule has 0 aliphatic carbocycles. The number of hydrogen-bond acceptors (Lipinski definition) is 0. The van der Waals surface area contributed by atoms with E-state index in [1.165, 1.54) is 12.2 Å². The van der Waals surface area contributed by atoms with Gasteiger partial charge in [-0.15, -0.1) is 9.24 Å². The fourth-order valence-corrected chi connectivity index (χ4v) is 0.511. The third-order valence-electron chi connectivity index (χ3n) is 1.07. The van der Waals surface area contributed by atoms with Gasteiger partial charge in [0.05, 0.1) is 0 Å². The maximum absolute atomic E-state index is 12.4. The second-order valence-corrected chi connectivity index (χ2v) is 2.81. The van der Waals surface area contributed by atoms with Crippen molar-refractivity contribution in [2.24, 2.45) is 0 Å². The molecule has 0 aliphatic rings. The first kappa shape index (κ1) is 14.1. The van der Waals surface area contributed by atoms with Crippen LogP contribution in [0.25, 0.3) is 0 Å². The smallest absolute Gasteiger partial charge is 0.123 e. The minimum atomic E-state index is -0.300. The van der Waals surface area contributed by atoms with Crippen molar-refractivity contribution in [3.8, 4) is 0 Å². The van der Waals surface area contributed by atoms with Gasteiger partial charge >= 0.3 is 0 Å². The topological polar surface area (TPSA) is 0 Å². The van der Waals surface area contributed by atoms with E-state index in [2.05, 4.69) is 15.8 Å². The second-order valence-electron chi connectivity index (χ2n) is 2.19. The van der Waals surface area contributed by atoms with Gasteiger partial charge in [-0.05, 0) is 31.3 Å². The highest BCUT2D eigenvalue weighted by Gasteiger charge is 1.89. The number of allylic oxidation sites excluding steroid dienone is 5. The van der Waals surface area contributed by atoms with Crippen LogP contribution >= 0.6 is 9.24 Å². The zero-order valence-corrected chi connectivity index (χ0v) is 9.47. The molecule has 0 saturated heterocycles. The molecular formula is C10H18FP. The number of rotatable bonds is 2. The van der Waals surface area contributed by atoms with Crippen molar-refractivity contribution in [1.29, 1.82) is 0 Å². The molecule has 0 heterocycles. The molecule has 1 atom stereocenters. The van der Waals surface area contributed by atoms with Crippen LogP contribution in [0.3, 0.4) is 0 Å². The number of hydrogen-bond donors (Lipinski definition) is 0. The molecule has 0 radical (unpaired) electrons. The third-order valence-corrected chi connectivity index (χ3v) is 1.81. The molecule has 0 nitrogen and oxygen atoms in total. The molecule has 1 unspecified atom stereocenters. The highest BCUT2D eigenvalue weighted by atomic mass is 31.0. The van der Waals surface area contributed by atoms with Crippen LogP contribution in [0.1, 0.15) is 27.7 Å². The average Bonchev–Trinajstić information content (AvgIpc) is 2.07. The van der Waals surface area contributed by atoms with Crippen LogP contribution in [0.2, 0.25) is 0 Å². The van der Waals surface area contributed by atoms with Gasteiger partial charge in [0.2, 0.25) is 0 Å². The highest BCUT2D eigenvalue weighted by Crippen LogP contribution is 2.15. The predicted octanol–water partition coefficient (Wildman–Crippen LogP) is 4.22. The van der Waals surface area contributed by atoms with Gasteiger partial charge in [0.15, 0.2) is 0 Å². The highest BCUT2D eigenvalue weighted by molar-refractivity contribution is 7.23. The Hall–Kier alpha value is -0.420. The molecule has 70 valence electrons. The van der Waals surface area contributed by atoms with Crippen molar-refractivity contribution in [3.63, 3.8) is 0 Å². The van der Waals surface area contributed by atoms with Gasteiger partial charge in [-0.2, -0.15) is 0 Å². The minimum Gasteiger partial charge on any atom is -0.207 e. The first-order chi connectivity index (χ1) is 5.57. The Bertz CT molecular complexity index is 186. The summed E-state index contributed by atoms with van der Waals surface area (Å²) >= 11 is 0. The monoisotopic (exact) mass is 188 g/mol. The lowest BCUT2D eigenvalue weighted by Crippen LogP contribution is -1.70. The van der Waals surface area contributed by atoms with E-state index in [0.29, 0.717) is 0 Å². The molecule has 0 aromatic rings. The van der Waals surface area contributed by atoms with Crippen LogP contribution in [-0.4, -0.2) is 0 Å². The molecule has 0 aromatic carbocycles. The summed E-state index contributed by atoms with van der Waals surface area (Å²) in [5.74, 6) is -0.300. The molecule has 0 N–H and O–H groups in total. The maximum atomic E-state index is 12.4. The Kier molecular flexibility index (Phi) is 10.2. The van der Waals surface area contributed by atoms with Crippen molar-refractivity contribution >= 4 is 9.24 Å². The predicted molar refractivity (Wildman–Crippen MR) is 58.8 cm³/mol. The summed E-state index contributed by atoms with van der Waals surface area (Å²) in [7, 11) is 2.46. The van der Waals surface area contributed by atoms with Gasteiger partial charge in [0, 0.05) is 0 Å². The summed E-state index contributed by atoms with van der Waals surface area (Å²) < 4.78 is 12.4. The van der Waals surface area contributed by atoms with E-state index in [-0.39, 0.29) is 5.83 Å². The first-order valence-electron chi connectivity index (χ1n) is 4.00. The molecule has 0 rings (SSSR count). The SMILES string of the molecule is C=C/C(F)=C\C(P)=C(C)C.CC. The van der Waals surface area contributed by atoms with Crippen molar-refractivity contribution in [2.45, 2.75) is 27.7 Å². The van der Waals surface area contributed by atoms with Crippen LogP contribution in [-0.2, 0) is 0 Å². The quantitative estimate of drug-likeness (QED) is 0.449. The number of halogens is 1. The van der Waals surface area contributed by atoms with Crippen LogP contribution in [0.5, 0.6) is 0 Å². The first-order valence-corrected chi connectivity index (χ1v) is 4.58. The molecule has 12 heavy (non-hydrogen) atoms. The Balaban J connectivity index is 0. The lowest BCUT2D eigenvalue weighted by molar-refractivity contribution is 0.667. The summed E-state index contributed by atoms with van der Waals surface area (Å²) in [5, 5.41) is 0.873. The summed E-state index contributed by atoms with van der Waals surface area (Å²) in [6.07, 6.45) is 2.62. The van der Waals surface area contributed by atoms with Gasteiger partial charge in [0.25, 0.3) is 0 Å². The van der Waals surface area contributed by atoms with Crippen LogP contribution in [0.15, 0.2) is 35.4 Å². The molecule has 0 bridgehead atoms. The molecule has 0 fully saturated rings. The van der Waals surface area contributed by atoms with Crippen LogP contribution < -0.4 is 0 Å². The van der Waals surface area contributed by atoms with E-state index >= 15 is 0 Å². The summed E-state index contributed by atoms with van der Waals surface area (Å²) in [5.41, 5.74) is 1.09. The normalized spacial score (nSPS) is 9.67. The zero-order valence-electron chi connectivity index (χ0n) is 8.32. The Morgan fingerprint density at radius 3 is 2.00 bits per heavy atom. The standard InChI is InChI=1S/C8H12FP.C2H6/c1-4-7(9)5-8(10)6(2)3;1-2/h4-5H,1,10H2,2-3H3;1-2H3/b7-5+;. The Morgan fingerprint density at radius 2 is 1.75 bits per heavy atom. The zero-order chi connectivity index (χ0) is 10.1. The van der Waals surface area contributed by atoms with Crippen molar-refractivity contribution < 1.29 is 4.39 Å². The van der Waals surface area contributed by atoms with E-state index in [1.54, 1.807) is 0 Å². The molecule has 0 spiro atoms. The van der Waals surface area contributed by atoms with E-state index in [9.17, 15) is 4.39 Å². The largest absolute Gasteiger partial charge is 0.207 e. The summed E-state index contributed by atoms with van der Waals surface area (Å²) in [4.78, 5) is 0. The van der Waals surface area contributed by atoms with E-state index in [4.69, 9.17) is 0 Å². The van der Waals surface area contributed by atoms with Crippen LogP contribution in [0, 0.1) is 0 Å². The van der Waals surface area contributed by atoms with Gasteiger partial charge in [0.1, 0.15) is 5.83 Å². The summed E-state index contributed by atoms with van der Waals surface area (Å²) in [6, 6.07) is 0. The third kappa shape index (κ3) is 7.68. The lowest BCUT2D eigenvalue weighted by atomic mass is 10.3. The fraction of sp³-hybridized carbons (Fsp3) is 0.400. The van der Waals surface area contributed by atoms with Gasteiger partial charge in [-0.3, -0.25) is 0 Å². The molecular weight excluding hydrogens is 170 g/mol. The van der Waals surface area contributed by atoms with Crippen molar-refractivity contribution in [1.82, 2.24) is 0 Å². The molecule has 2 heteroatoms. The minimum absolute atomic E-state index is 0.300. The fourth-order valence-electron chi connectivity index (χ4n) is 0.352. The lowest BCUT2D eigenvalue weighted by Gasteiger charge is -1.94. The van der Waals surface area contributed by atoms with E-state index in [0.717, 1.165) is 10.9 Å². The van der Waals surface area contributed by atoms with Crippen molar-refractivity contribution in [2.75, 3.05) is 0 Å². The van der Waals surface area contributed by atoms with Crippen molar-refractivity contribution in [3.05, 3.63) is 35.4 Å². The average molecular weight is 188 g/mol. The van der Waals surface area contributed by atoms with Gasteiger partial charge in [-0.25, -0.2) is 4.39 Å².